The monoisotopic (exact) mass is 426 g/mol. The maximum Gasteiger partial charge on any atom is 0.344 e. The average molecular weight is 429 g/mol. The lowest BCUT2D eigenvalue weighted by molar-refractivity contribution is -0.143. The molecule has 0 rings (SSSR count). The summed E-state index contributed by atoms with van der Waals surface area (Å²) in [6, 6.07) is 0. The summed E-state index contributed by atoms with van der Waals surface area (Å²) in [5.41, 5.74) is -1.02. The fourth-order valence-electron chi connectivity index (χ4n) is 0.829. The predicted octanol–water partition coefficient (Wildman–Crippen LogP) is 0.722. The highest BCUT2D eigenvalue weighted by Gasteiger charge is 2.32. The molecule has 5 nitrogen and oxygen atoms in total. The highest BCUT2D eigenvalue weighted by molar-refractivity contribution is 9.40. The zero-order valence-electron chi connectivity index (χ0n) is 8.33. The van der Waals surface area contributed by atoms with Gasteiger partial charge in [-0.15, -0.1) is 0 Å². The third kappa shape index (κ3) is 5.42. The SMILES string of the molecule is O=C(OCCC(CO)(CO)CO)C(Br)(Br)Br. The highest BCUT2D eigenvalue weighted by atomic mass is 80.0. The molecule has 8 heteroatoms. The number of aliphatic hydroxyl groups is 3. The van der Waals surface area contributed by atoms with Gasteiger partial charge in [-0.2, -0.15) is 0 Å². The van der Waals surface area contributed by atoms with Gasteiger partial charge in [-0.25, -0.2) is 4.79 Å². The van der Waals surface area contributed by atoms with E-state index in [9.17, 15) is 4.79 Å². The lowest BCUT2D eigenvalue weighted by Gasteiger charge is -2.27. The van der Waals surface area contributed by atoms with Crippen molar-refractivity contribution in [1.29, 1.82) is 0 Å². The lowest BCUT2D eigenvalue weighted by Crippen LogP contribution is -2.36. The second-order valence-electron chi connectivity index (χ2n) is 3.36. The van der Waals surface area contributed by atoms with Crippen LogP contribution in [0.3, 0.4) is 0 Å². The Labute approximate surface area is 119 Å². The minimum absolute atomic E-state index is 0.00887. The van der Waals surface area contributed by atoms with Crippen molar-refractivity contribution in [3.63, 3.8) is 0 Å². The number of hydrogen-bond donors (Lipinski definition) is 3. The third-order valence-electron chi connectivity index (χ3n) is 2.10. The number of alkyl halides is 3. The molecular formula is C8H13Br3O5. The quantitative estimate of drug-likeness (QED) is 0.429. The average Bonchev–Trinajstić information content (AvgIpc) is 2.23. The van der Waals surface area contributed by atoms with Crippen LogP contribution in [-0.2, 0) is 9.53 Å². The Balaban J connectivity index is 4.11. The number of halogens is 3. The van der Waals surface area contributed by atoms with E-state index in [1.165, 1.54) is 0 Å². The van der Waals surface area contributed by atoms with Gasteiger partial charge in [0.2, 0.25) is 2.14 Å². The second-order valence-corrected chi connectivity index (χ2v) is 10.1. The van der Waals surface area contributed by atoms with Crippen molar-refractivity contribution in [2.75, 3.05) is 26.4 Å². The molecule has 0 saturated carbocycles. The van der Waals surface area contributed by atoms with Gasteiger partial charge >= 0.3 is 5.97 Å². The third-order valence-corrected chi connectivity index (χ3v) is 3.07. The molecular weight excluding hydrogens is 416 g/mol. The number of rotatable bonds is 6. The zero-order valence-corrected chi connectivity index (χ0v) is 13.1. The maximum absolute atomic E-state index is 11.3. The van der Waals surface area contributed by atoms with Crippen LogP contribution in [0.5, 0.6) is 0 Å². The van der Waals surface area contributed by atoms with Crippen molar-refractivity contribution in [3.05, 3.63) is 0 Å². The van der Waals surface area contributed by atoms with Crippen LogP contribution in [0.15, 0.2) is 0 Å². The van der Waals surface area contributed by atoms with Gasteiger partial charge in [0, 0.05) is 5.41 Å². The van der Waals surface area contributed by atoms with Crippen LogP contribution in [0, 0.1) is 5.41 Å². The molecule has 0 atom stereocenters. The molecule has 0 aliphatic carbocycles. The second kappa shape index (κ2) is 7.27. The van der Waals surface area contributed by atoms with Crippen LogP contribution < -0.4 is 0 Å². The van der Waals surface area contributed by atoms with Crippen molar-refractivity contribution in [2.45, 2.75) is 8.56 Å². The Kier molecular flexibility index (Phi) is 7.63. The smallest absolute Gasteiger partial charge is 0.344 e. The van der Waals surface area contributed by atoms with E-state index in [-0.39, 0.29) is 32.8 Å². The Bertz CT molecular complexity index is 216. The summed E-state index contributed by atoms with van der Waals surface area (Å²) in [5, 5.41) is 27.0. The van der Waals surface area contributed by atoms with Gasteiger partial charge in [-0.05, 0) is 54.2 Å². The molecule has 0 saturated heterocycles. The van der Waals surface area contributed by atoms with Crippen molar-refractivity contribution < 1.29 is 24.9 Å². The summed E-state index contributed by atoms with van der Waals surface area (Å²) < 4.78 is 3.72. The molecule has 0 aromatic rings. The van der Waals surface area contributed by atoms with Crippen molar-refractivity contribution >= 4 is 53.8 Å². The Hall–Kier alpha value is 0.790. The van der Waals surface area contributed by atoms with E-state index in [0.29, 0.717) is 0 Å². The maximum atomic E-state index is 11.3. The van der Waals surface area contributed by atoms with E-state index in [4.69, 9.17) is 20.1 Å². The van der Waals surface area contributed by atoms with Gasteiger partial charge < -0.3 is 20.1 Å². The van der Waals surface area contributed by atoms with Crippen LogP contribution in [0.25, 0.3) is 0 Å². The molecule has 3 N–H and O–H groups in total. The van der Waals surface area contributed by atoms with Crippen LogP contribution in [-0.4, -0.2) is 49.9 Å². The van der Waals surface area contributed by atoms with Crippen LogP contribution in [0.1, 0.15) is 6.42 Å². The molecule has 0 unspecified atom stereocenters. The first-order valence-corrected chi connectivity index (χ1v) is 6.76. The molecule has 96 valence electrons. The van der Waals surface area contributed by atoms with Crippen LogP contribution in [0.4, 0.5) is 0 Å². The van der Waals surface area contributed by atoms with Crippen molar-refractivity contribution in [1.82, 2.24) is 0 Å². The molecule has 0 aliphatic heterocycles. The van der Waals surface area contributed by atoms with Crippen LogP contribution >= 0.6 is 47.8 Å². The summed E-state index contributed by atoms with van der Waals surface area (Å²) >= 11 is 8.96. The minimum atomic E-state index is -1.13. The van der Waals surface area contributed by atoms with Crippen LogP contribution in [0.2, 0.25) is 0 Å². The number of carbonyl (C=O) groups excluding carboxylic acids is 1. The van der Waals surface area contributed by atoms with Gasteiger partial charge in [0.15, 0.2) is 0 Å². The number of hydrogen-bond acceptors (Lipinski definition) is 5. The molecule has 0 aromatic heterocycles. The molecule has 16 heavy (non-hydrogen) atoms. The largest absolute Gasteiger partial charge is 0.463 e. The van der Waals surface area contributed by atoms with Gasteiger partial charge in [-0.3, -0.25) is 0 Å². The van der Waals surface area contributed by atoms with Gasteiger partial charge in [0.1, 0.15) is 0 Å². The molecule has 0 fully saturated rings. The number of ether oxygens (including phenoxy) is 1. The zero-order chi connectivity index (χ0) is 12.8. The Morgan fingerprint density at radius 1 is 1.06 bits per heavy atom. The summed E-state index contributed by atoms with van der Waals surface area (Å²) in [6.07, 6.45) is 0.172. The van der Waals surface area contributed by atoms with E-state index in [0.717, 1.165) is 0 Å². The summed E-state index contributed by atoms with van der Waals surface area (Å²) in [5.74, 6) is -0.588. The Morgan fingerprint density at radius 3 is 1.81 bits per heavy atom. The van der Waals surface area contributed by atoms with Gasteiger partial charge in [0.05, 0.1) is 26.4 Å². The fourth-order valence-corrected chi connectivity index (χ4v) is 1.17. The first-order chi connectivity index (χ1) is 7.31. The molecule has 0 radical (unpaired) electrons. The van der Waals surface area contributed by atoms with E-state index < -0.39 is 13.5 Å². The standard InChI is InChI=1S/C8H13Br3O5/c9-8(10,11)6(15)16-2-1-7(3-12,4-13)5-14/h12-14H,1-5H2. The van der Waals surface area contributed by atoms with E-state index in [1.54, 1.807) is 0 Å². The highest BCUT2D eigenvalue weighted by Crippen LogP contribution is 2.34. The van der Waals surface area contributed by atoms with Gasteiger partial charge in [-0.1, -0.05) is 0 Å². The first kappa shape index (κ1) is 16.8. The van der Waals surface area contributed by atoms with Gasteiger partial charge in [0.25, 0.3) is 0 Å². The molecule has 0 heterocycles. The molecule has 0 bridgehead atoms. The first-order valence-electron chi connectivity index (χ1n) is 4.38. The minimum Gasteiger partial charge on any atom is -0.463 e. The van der Waals surface area contributed by atoms with E-state index in [1.807, 2.05) is 0 Å². The normalized spacial score (nSPS) is 12.6. The summed E-state index contributed by atoms with van der Waals surface area (Å²) in [7, 11) is 0. The number of carbonyl (C=O) groups is 1. The lowest BCUT2D eigenvalue weighted by atomic mass is 9.88. The topological polar surface area (TPSA) is 87.0 Å². The predicted molar refractivity (Wildman–Crippen MR) is 68.8 cm³/mol. The summed E-state index contributed by atoms with van der Waals surface area (Å²) in [6.45, 7) is -1.13. The Morgan fingerprint density at radius 2 is 1.50 bits per heavy atom. The van der Waals surface area contributed by atoms with Crippen molar-refractivity contribution in [2.24, 2.45) is 5.41 Å². The number of esters is 1. The number of aliphatic hydroxyl groups excluding tert-OH is 3. The molecule has 0 amide bonds. The molecule has 0 aromatic carbocycles. The molecule has 0 spiro atoms. The van der Waals surface area contributed by atoms with Crippen molar-refractivity contribution in [3.8, 4) is 0 Å². The fraction of sp³-hybridized carbons (Fsp3) is 0.875. The molecule has 0 aliphatic rings. The summed E-state index contributed by atoms with van der Waals surface area (Å²) in [4.78, 5) is 11.3. The van der Waals surface area contributed by atoms with E-state index >= 15 is 0 Å². The van der Waals surface area contributed by atoms with E-state index in [2.05, 4.69) is 47.8 Å².